The molecule has 2 nitrogen and oxygen atoms in total. The second-order valence-electron chi connectivity index (χ2n) is 12.9. The molecule has 6 aromatic carbocycles. The molecule has 0 radical (unpaired) electrons. The van der Waals surface area contributed by atoms with Gasteiger partial charge in [0.25, 0.3) is 0 Å². The van der Waals surface area contributed by atoms with Crippen molar-refractivity contribution in [2.24, 2.45) is 0 Å². The highest BCUT2D eigenvalue weighted by molar-refractivity contribution is 6.13. The van der Waals surface area contributed by atoms with Gasteiger partial charge in [0.1, 0.15) is 11.2 Å². The summed E-state index contributed by atoms with van der Waals surface area (Å²) < 4.78 is 6.43. The van der Waals surface area contributed by atoms with Crippen LogP contribution in [0.1, 0.15) is 41.7 Å². The van der Waals surface area contributed by atoms with Gasteiger partial charge in [0.15, 0.2) is 0 Å². The van der Waals surface area contributed by atoms with Crippen molar-refractivity contribution < 1.29 is 4.42 Å². The zero-order chi connectivity index (χ0) is 30.2. The summed E-state index contributed by atoms with van der Waals surface area (Å²) in [4.78, 5) is 2.45. The van der Waals surface area contributed by atoms with Gasteiger partial charge in [-0.05, 0) is 114 Å². The zero-order valence-electron chi connectivity index (χ0n) is 25.9. The van der Waals surface area contributed by atoms with Crippen molar-refractivity contribution in [2.45, 2.75) is 40.0 Å². The lowest BCUT2D eigenvalue weighted by Gasteiger charge is -2.30. The van der Waals surface area contributed by atoms with Gasteiger partial charge in [0.05, 0.1) is 11.1 Å². The van der Waals surface area contributed by atoms with Crippen LogP contribution in [0, 0.1) is 20.8 Å². The number of rotatable bonds is 4. The molecule has 214 valence electrons. The van der Waals surface area contributed by atoms with Crippen molar-refractivity contribution in [2.75, 3.05) is 4.90 Å². The van der Waals surface area contributed by atoms with Crippen LogP contribution in [0.4, 0.5) is 17.1 Å². The molecule has 0 amide bonds. The van der Waals surface area contributed by atoms with E-state index < -0.39 is 0 Å². The van der Waals surface area contributed by atoms with Crippen LogP contribution in [0.15, 0.2) is 126 Å². The van der Waals surface area contributed by atoms with Crippen LogP contribution >= 0.6 is 0 Å². The largest absolute Gasteiger partial charge is 0.456 e. The smallest absolute Gasteiger partial charge is 0.137 e. The minimum Gasteiger partial charge on any atom is -0.456 e. The van der Waals surface area contributed by atoms with E-state index in [1.54, 1.807) is 0 Å². The number of furan rings is 1. The highest BCUT2D eigenvalue weighted by Gasteiger charge is 2.38. The average Bonchev–Trinajstić information content (AvgIpc) is 3.49. The predicted octanol–water partition coefficient (Wildman–Crippen LogP) is 12.0. The van der Waals surface area contributed by atoms with Crippen LogP contribution < -0.4 is 4.90 Å². The zero-order valence-corrected chi connectivity index (χ0v) is 25.9. The monoisotopic (exact) mass is 569 g/mol. The third kappa shape index (κ3) is 4.02. The van der Waals surface area contributed by atoms with E-state index in [4.69, 9.17) is 4.42 Å². The first-order valence-corrected chi connectivity index (χ1v) is 15.4. The molecule has 8 rings (SSSR count). The Labute approximate surface area is 259 Å². The summed E-state index contributed by atoms with van der Waals surface area (Å²) in [5.41, 5.74) is 16.6. The first-order chi connectivity index (χ1) is 21.3. The normalized spacial score (nSPS) is 13.3. The third-order valence-electron chi connectivity index (χ3n) is 9.34. The lowest BCUT2D eigenvalue weighted by atomic mass is 9.81. The van der Waals surface area contributed by atoms with E-state index in [0.29, 0.717) is 0 Å². The van der Waals surface area contributed by atoms with Crippen LogP contribution in [-0.2, 0) is 5.41 Å². The molecular weight excluding hydrogens is 534 g/mol. The second-order valence-corrected chi connectivity index (χ2v) is 12.9. The van der Waals surface area contributed by atoms with Gasteiger partial charge < -0.3 is 9.32 Å². The highest BCUT2D eigenvalue weighted by Crippen LogP contribution is 2.55. The van der Waals surface area contributed by atoms with Crippen molar-refractivity contribution in [3.63, 3.8) is 0 Å². The van der Waals surface area contributed by atoms with Gasteiger partial charge in [-0.15, -0.1) is 0 Å². The van der Waals surface area contributed by atoms with Crippen LogP contribution in [0.2, 0.25) is 0 Å². The average molecular weight is 570 g/mol. The Morgan fingerprint density at radius 3 is 2.07 bits per heavy atom. The van der Waals surface area contributed by atoms with Gasteiger partial charge in [-0.25, -0.2) is 0 Å². The molecule has 1 heterocycles. The van der Waals surface area contributed by atoms with Gasteiger partial charge in [-0.1, -0.05) is 92.2 Å². The summed E-state index contributed by atoms with van der Waals surface area (Å²) in [6.07, 6.45) is 0. The molecule has 0 spiro atoms. The Morgan fingerprint density at radius 2 is 1.27 bits per heavy atom. The Bertz CT molecular complexity index is 2210. The third-order valence-corrected chi connectivity index (χ3v) is 9.34. The summed E-state index contributed by atoms with van der Waals surface area (Å²) in [6.45, 7) is 11.2. The number of nitrogens with zero attached hydrogens (tertiary/aromatic N) is 1. The topological polar surface area (TPSA) is 16.4 Å². The summed E-state index contributed by atoms with van der Waals surface area (Å²) >= 11 is 0. The number of anilines is 3. The summed E-state index contributed by atoms with van der Waals surface area (Å²) in [7, 11) is 0. The number of benzene rings is 6. The number of hydrogen-bond acceptors (Lipinski definition) is 2. The first kappa shape index (κ1) is 26.5. The highest BCUT2D eigenvalue weighted by atomic mass is 16.3. The summed E-state index contributed by atoms with van der Waals surface area (Å²) in [6, 6.07) is 44.4. The SMILES string of the molecule is Cc1cc(C)cc(N(c2cc(-c3ccccc3)c3c(c2)C(C)(C)c2ccccc2-3)c2cccc3oc4ccc(C)cc4c23)c1. The number of aryl methyl sites for hydroxylation is 3. The fourth-order valence-corrected chi connectivity index (χ4v) is 7.39. The molecule has 44 heavy (non-hydrogen) atoms. The summed E-state index contributed by atoms with van der Waals surface area (Å²) in [5.74, 6) is 0. The van der Waals surface area contributed by atoms with Gasteiger partial charge in [0, 0.05) is 22.2 Å². The molecule has 0 saturated carbocycles. The molecule has 0 unspecified atom stereocenters. The lowest BCUT2D eigenvalue weighted by molar-refractivity contribution is 0.660. The van der Waals surface area contributed by atoms with E-state index in [1.165, 1.54) is 50.1 Å². The molecule has 1 aliphatic carbocycles. The molecule has 1 aliphatic rings. The van der Waals surface area contributed by atoms with Crippen molar-refractivity contribution in [1.29, 1.82) is 0 Å². The number of hydrogen-bond donors (Lipinski definition) is 0. The second kappa shape index (κ2) is 9.72. The van der Waals surface area contributed by atoms with E-state index in [2.05, 4.69) is 161 Å². The van der Waals surface area contributed by atoms with Gasteiger partial charge in [-0.3, -0.25) is 0 Å². The van der Waals surface area contributed by atoms with Crippen LogP contribution in [0.25, 0.3) is 44.2 Å². The maximum atomic E-state index is 6.43. The molecule has 0 N–H and O–H groups in total. The molecule has 0 fully saturated rings. The van der Waals surface area contributed by atoms with Crippen LogP contribution in [-0.4, -0.2) is 0 Å². The van der Waals surface area contributed by atoms with E-state index in [-0.39, 0.29) is 5.41 Å². The number of fused-ring (bicyclic) bond motifs is 6. The molecule has 0 bridgehead atoms. The molecule has 7 aromatic rings. The molecule has 0 atom stereocenters. The van der Waals surface area contributed by atoms with E-state index >= 15 is 0 Å². The Hall–Kier alpha value is -5.08. The van der Waals surface area contributed by atoms with Crippen molar-refractivity contribution >= 4 is 39.0 Å². The first-order valence-electron chi connectivity index (χ1n) is 15.4. The predicted molar refractivity (Wildman–Crippen MR) is 186 cm³/mol. The maximum Gasteiger partial charge on any atom is 0.137 e. The van der Waals surface area contributed by atoms with Gasteiger partial charge in [-0.2, -0.15) is 0 Å². The van der Waals surface area contributed by atoms with Gasteiger partial charge in [0.2, 0.25) is 0 Å². The van der Waals surface area contributed by atoms with Gasteiger partial charge >= 0.3 is 0 Å². The quantitative estimate of drug-likeness (QED) is 0.210. The molecule has 0 aliphatic heterocycles. The van der Waals surface area contributed by atoms with E-state index in [1.807, 2.05) is 0 Å². The lowest BCUT2D eigenvalue weighted by Crippen LogP contribution is -2.17. The van der Waals surface area contributed by atoms with Crippen molar-refractivity contribution in [3.8, 4) is 22.3 Å². The molecular formula is C42H35NO. The summed E-state index contributed by atoms with van der Waals surface area (Å²) in [5, 5.41) is 2.27. The van der Waals surface area contributed by atoms with E-state index in [0.717, 1.165) is 39.0 Å². The molecule has 1 aromatic heterocycles. The molecule has 2 heteroatoms. The van der Waals surface area contributed by atoms with E-state index in [9.17, 15) is 0 Å². The fraction of sp³-hybridized carbons (Fsp3) is 0.143. The Morgan fingerprint density at radius 1 is 0.545 bits per heavy atom. The Balaban J connectivity index is 1.49. The minimum atomic E-state index is -0.148. The maximum absolute atomic E-state index is 6.43. The van der Waals surface area contributed by atoms with Crippen LogP contribution in [0.3, 0.4) is 0 Å². The van der Waals surface area contributed by atoms with Crippen LogP contribution in [0.5, 0.6) is 0 Å². The van der Waals surface area contributed by atoms with Crippen molar-refractivity contribution in [1.82, 2.24) is 0 Å². The standard InChI is InChI=1S/C42H35NO/c1-26-18-19-38-34(23-26)41-37(16-11-17-39(41)44-38)43(30-21-27(2)20-28(3)22-30)31-24-33(29-12-7-6-8-13-29)40-32-14-9-10-15-35(32)42(4,5)36(40)25-31/h6-25H,1-5H3. The molecule has 0 saturated heterocycles. The fourth-order valence-electron chi connectivity index (χ4n) is 7.39. The van der Waals surface area contributed by atoms with Crippen molar-refractivity contribution in [3.05, 3.63) is 149 Å². The minimum absolute atomic E-state index is 0.148. The Kier molecular flexibility index (Phi) is 5.86.